The number of carbonyl (C=O) groups excluding carboxylic acids is 1. The molecular formula is C12H11BrN2O3. The minimum atomic E-state index is -0.856. The monoisotopic (exact) mass is 310 g/mol. The van der Waals surface area contributed by atoms with Gasteiger partial charge < -0.3 is 9.72 Å². The first-order valence-corrected chi connectivity index (χ1v) is 6.34. The van der Waals surface area contributed by atoms with E-state index >= 15 is 0 Å². The number of aromatic amines is 1. The van der Waals surface area contributed by atoms with E-state index in [1.54, 1.807) is 25.1 Å². The van der Waals surface area contributed by atoms with E-state index in [9.17, 15) is 9.59 Å². The van der Waals surface area contributed by atoms with Gasteiger partial charge in [0.05, 0.1) is 17.6 Å². The predicted octanol–water partition coefficient (Wildman–Crippen LogP) is 1.92. The van der Waals surface area contributed by atoms with E-state index in [1.807, 2.05) is 6.07 Å². The Morgan fingerprint density at radius 1 is 1.50 bits per heavy atom. The topological polar surface area (TPSA) is 72.0 Å². The van der Waals surface area contributed by atoms with Crippen molar-refractivity contribution in [2.24, 2.45) is 0 Å². The zero-order chi connectivity index (χ0) is 13.1. The highest BCUT2D eigenvalue weighted by atomic mass is 79.9. The number of para-hydroxylation sites is 2. The molecule has 1 heterocycles. The lowest BCUT2D eigenvalue weighted by Gasteiger charge is -2.08. The molecule has 0 amide bonds. The van der Waals surface area contributed by atoms with Crippen molar-refractivity contribution < 1.29 is 9.53 Å². The molecule has 18 heavy (non-hydrogen) atoms. The van der Waals surface area contributed by atoms with Gasteiger partial charge in [0, 0.05) is 0 Å². The van der Waals surface area contributed by atoms with Crippen molar-refractivity contribution >= 4 is 32.9 Å². The third-order valence-electron chi connectivity index (χ3n) is 2.36. The fourth-order valence-corrected chi connectivity index (χ4v) is 1.99. The van der Waals surface area contributed by atoms with Gasteiger partial charge in [-0.3, -0.25) is 9.59 Å². The van der Waals surface area contributed by atoms with Crippen molar-refractivity contribution in [1.29, 1.82) is 0 Å². The molecule has 0 unspecified atom stereocenters. The maximum atomic E-state index is 11.8. The highest BCUT2D eigenvalue weighted by Crippen LogP contribution is 2.20. The van der Waals surface area contributed by atoms with Crippen molar-refractivity contribution in [2.75, 3.05) is 6.61 Å². The lowest BCUT2D eigenvalue weighted by molar-refractivity contribution is -0.142. The summed E-state index contributed by atoms with van der Waals surface area (Å²) in [5.41, 5.74) is 0.964. The lowest BCUT2D eigenvalue weighted by Crippen LogP contribution is -2.22. The Balaban J connectivity index is 2.47. The Morgan fingerprint density at radius 2 is 2.22 bits per heavy atom. The van der Waals surface area contributed by atoms with E-state index in [1.165, 1.54) is 0 Å². The number of hydrogen-bond donors (Lipinski definition) is 1. The molecule has 2 rings (SSSR count). The Morgan fingerprint density at radius 3 is 2.94 bits per heavy atom. The molecule has 5 nitrogen and oxygen atoms in total. The fraction of sp³-hybridized carbons (Fsp3) is 0.250. The van der Waals surface area contributed by atoms with Crippen molar-refractivity contribution in [1.82, 2.24) is 9.97 Å². The molecule has 1 aromatic heterocycles. The van der Waals surface area contributed by atoms with E-state index < -0.39 is 16.4 Å². The first-order chi connectivity index (χ1) is 8.63. The number of nitrogens with one attached hydrogen (secondary N) is 1. The number of ether oxygens (including phenoxy) is 1. The highest BCUT2D eigenvalue weighted by molar-refractivity contribution is 9.09. The smallest absolute Gasteiger partial charge is 0.326 e. The number of fused-ring (bicyclic) bond motifs is 1. The summed E-state index contributed by atoms with van der Waals surface area (Å²) in [7, 11) is 0. The van der Waals surface area contributed by atoms with Gasteiger partial charge in [-0.1, -0.05) is 28.1 Å². The van der Waals surface area contributed by atoms with E-state index in [-0.39, 0.29) is 12.3 Å². The molecule has 0 radical (unpaired) electrons. The van der Waals surface area contributed by atoms with Crippen molar-refractivity contribution in [2.45, 2.75) is 11.8 Å². The minimum absolute atomic E-state index is 0.104. The number of esters is 1. The average Bonchev–Trinajstić information content (AvgIpc) is 2.37. The number of halogens is 1. The van der Waals surface area contributed by atoms with E-state index in [2.05, 4.69) is 25.9 Å². The molecule has 6 heteroatoms. The van der Waals surface area contributed by atoms with Gasteiger partial charge in [-0.25, -0.2) is 4.98 Å². The second kappa shape index (κ2) is 5.30. The molecule has 0 spiro atoms. The molecule has 0 saturated heterocycles. The summed E-state index contributed by atoms with van der Waals surface area (Å²) in [5.74, 6) is -0.522. The van der Waals surface area contributed by atoms with Gasteiger partial charge in [0.25, 0.3) is 5.56 Å². The van der Waals surface area contributed by atoms with Gasteiger partial charge in [0.1, 0.15) is 5.69 Å². The normalized spacial score (nSPS) is 12.3. The van der Waals surface area contributed by atoms with Gasteiger partial charge in [-0.05, 0) is 19.1 Å². The van der Waals surface area contributed by atoms with E-state index in [0.29, 0.717) is 11.0 Å². The molecule has 1 aromatic carbocycles. The Kier molecular flexibility index (Phi) is 3.76. The molecule has 0 aliphatic rings. The third kappa shape index (κ3) is 2.43. The summed E-state index contributed by atoms with van der Waals surface area (Å²) < 4.78 is 4.85. The van der Waals surface area contributed by atoms with Gasteiger partial charge in [0.15, 0.2) is 4.83 Å². The average molecular weight is 311 g/mol. The number of aromatic nitrogens is 2. The van der Waals surface area contributed by atoms with Crippen LogP contribution in [0.25, 0.3) is 11.0 Å². The number of alkyl halides is 1. The summed E-state index contributed by atoms with van der Waals surface area (Å²) in [6, 6.07) is 7.13. The molecule has 0 saturated carbocycles. The Labute approximate surface area is 111 Å². The van der Waals surface area contributed by atoms with Crippen LogP contribution < -0.4 is 5.56 Å². The van der Waals surface area contributed by atoms with Crippen LogP contribution in [0.3, 0.4) is 0 Å². The van der Waals surface area contributed by atoms with E-state index in [4.69, 9.17) is 4.74 Å². The number of rotatable bonds is 3. The molecule has 2 aromatic rings. The zero-order valence-electron chi connectivity index (χ0n) is 9.64. The number of benzene rings is 1. The van der Waals surface area contributed by atoms with Crippen LogP contribution in [-0.4, -0.2) is 22.5 Å². The first kappa shape index (κ1) is 12.8. The van der Waals surface area contributed by atoms with E-state index in [0.717, 1.165) is 0 Å². The molecule has 0 aliphatic carbocycles. The SMILES string of the molecule is CCOC(=O)[C@H](Br)c1nc2ccccc2[nH]c1=O. The molecule has 0 aliphatic heterocycles. The maximum Gasteiger partial charge on any atom is 0.326 e. The van der Waals surface area contributed by atoms with Crippen LogP contribution in [0.4, 0.5) is 0 Å². The quantitative estimate of drug-likeness (QED) is 0.694. The van der Waals surface area contributed by atoms with Crippen LogP contribution in [-0.2, 0) is 9.53 Å². The maximum absolute atomic E-state index is 11.8. The molecular weight excluding hydrogens is 300 g/mol. The number of nitrogens with zero attached hydrogens (tertiary/aromatic N) is 1. The second-order valence-corrected chi connectivity index (χ2v) is 4.50. The van der Waals surface area contributed by atoms with Crippen LogP contribution in [0.5, 0.6) is 0 Å². The zero-order valence-corrected chi connectivity index (χ0v) is 11.2. The first-order valence-electron chi connectivity index (χ1n) is 5.43. The highest BCUT2D eigenvalue weighted by Gasteiger charge is 2.23. The minimum Gasteiger partial charge on any atom is -0.465 e. The standard InChI is InChI=1S/C12H11BrN2O3/c1-2-18-12(17)9(13)10-11(16)15-8-6-4-3-5-7(8)14-10/h3-6,9H,2H2,1H3,(H,15,16)/t9-/m1/s1. The summed E-state index contributed by atoms with van der Waals surface area (Å²) in [6.07, 6.45) is 0. The second-order valence-electron chi connectivity index (χ2n) is 3.58. The van der Waals surface area contributed by atoms with Crippen LogP contribution in [0.2, 0.25) is 0 Å². The third-order valence-corrected chi connectivity index (χ3v) is 3.17. The molecule has 1 N–H and O–H groups in total. The van der Waals surface area contributed by atoms with Crippen LogP contribution in [0.15, 0.2) is 29.1 Å². The summed E-state index contributed by atoms with van der Waals surface area (Å²) in [6.45, 7) is 1.96. The van der Waals surface area contributed by atoms with Gasteiger partial charge in [0.2, 0.25) is 0 Å². The molecule has 0 bridgehead atoms. The number of hydrogen-bond acceptors (Lipinski definition) is 4. The van der Waals surface area contributed by atoms with Gasteiger partial charge in [-0.15, -0.1) is 0 Å². The summed E-state index contributed by atoms with van der Waals surface area (Å²) in [5, 5.41) is 0. The van der Waals surface area contributed by atoms with Gasteiger partial charge in [-0.2, -0.15) is 0 Å². The Bertz CT molecular complexity index is 639. The predicted molar refractivity (Wildman–Crippen MR) is 70.7 cm³/mol. The molecule has 1 atom stereocenters. The van der Waals surface area contributed by atoms with Crippen LogP contribution >= 0.6 is 15.9 Å². The van der Waals surface area contributed by atoms with Crippen molar-refractivity contribution in [3.05, 3.63) is 40.3 Å². The number of carbonyl (C=O) groups is 1. The number of H-pyrrole nitrogens is 1. The van der Waals surface area contributed by atoms with Crippen LogP contribution in [0.1, 0.15) is 17.4 Å². The molecule has 0 fully saturated rings. The lowest BCUT2D eigenvalue weighted by atomic mass is 10.2. The van der Waals surface area contributed by atoms with Crippen LogP contribution in [0, 0.1) is 0 Å². The van der Waals surface area contributed by atoms with Crippen molar-refractivity contribution in [3.8, 4) is 0 Å². The largest absolute Gasteiger partial charge is 0.465 e. The molecule has 94 valence electrons. The van der Waals surface area contributed by atoms with Crippen molar-refractivity contribution in [3.63, 3.8) is 0 Å². The fourth-order valence-electron chi connectivity index (χ4n) is 1.54. The summed E-state index contributed by atoms with van der Waals surface area (Å²) >= 11 is 3.13. The summed E-state index contributed by atoms with van der Waals surface area (Å²) in [4.78, 5) is 29.4. The Hall–Kier alpha value is -1.69. The van der Waals surface area contributed by atoms with Gasteiger partial charge >= 0.3 is 5.97 Å².